The molecule has 1 saturated carbocycles. The molecule has 0 aromatic rings. The average molecular weight is 226 g/mol. The number of rotatable bonds is 3. The second-order valence-corrected chi connectivity index (χ2v) is 5.43. The number of hydrogen-bond acceptors (Lipinski definition) is 3. The minimum Gasteiger partial charge on any atom is -0.381 e. The maximum Gasteiger partial charge on any atom is 0.0571 e. The van der Waals surface area contributed by atoms with Gasteiger partial charge in [-0.2, -0.15) is 0 Å². The van der Waals surface area contributed by atoms with Gasteiger partial charge < -0.3 is 10.1 Å². The molecule has 2 aliphatic rings. The summed E-state index contributed by atoms with van der Waals surface area (Å²) in [4.78, 5) is 2.66. The smallest absolute Gasteiger partial charge is 0.0571 e. The zero-order chi connectivity index (χ0) is 11.4. The molecule has 1 saturated heterocycles. The zero-order valence-electron chi connectivity index (χ0n) is 10.7. The molecule has 0 spiro atoms. The van der Waals surface area contributed by atoms with E-state index in [9.17, 15) is 0 Å². The number of ether oxygens (including phenoxy) is 1. The van der Waals surface area contributed by atoms with Gasteiger partial charge in [0.1, 0.15) is 0 Å². The highest BCUT2D eigenvalue weighted by Gasteiger charge is 2.25. The van der Waals surface area contributed by atoms with Gasteiger partial charge in [-0.25, -0.2) is 0 Å². The molecule has 16 heavy (non-hydrogen) atoms. The second kappa shape index (κ2) is 5.99. The van der Waals surface area contributed by atoms with Crippen LogP contribution in [0.2, 0.25) is 0 Å². The molecule has 2 fully saturated rings. The third-order valence-corrected chi connectivity index (χ3v) is 4.26. The van der Waals surface area contributed by atoms with Gasteiger partial charge in [-0.05, 0) is 38.5 Å². The standard InChI is InChI=1S/C13H26N2O/c1-11-9-14-7-8-15(11)10-12-3-5-13(16-2)6-4-12/h11-14H,3-10H2,1-2H3/t11-,12?,13?/m0/s1. The Kier molecular flexibility index (Phi) is 4.62. The topological polar surface area (TPSA) is 24.5 Å². The average Bonchev–Trinajstić information content (AvgIpc) is 2.33. The third-order valence-electron chi connectivity index (χ3n) is 4.26. The Labute approximate surface area is 99.5 Å². The summed E-state index contributed by atoms with van der Waals surface area (Å²) in [6.45, 7) is 7.20. The van der Waals surface area contributed by atoms with Gasteiger partial charge in [0.05, 0.1) is 6.10 Å². The zero-order valence-corrected chi connectivity index (χ0v) is 10.7. The van der Waals surface area contributed by atoms with E-state index in [0.29, 0.717) is 12.1 Å². The van der Waals surface area contributed by atoms with Crippen LogP contribution in [-0.4, -0.2) is 50.3 Å². The summed E-state index contributed by atoms with van der Waals surface area (Å²) in [5.74, 6) is 0.909. The van der Waals surface area contributed by atoms with E-state index in [1.807, 2.05) is 7.11 Å². The lowest BCUT2D eigenvalue weighted by Crippen LogP contribution is -2.51. The van der Waals surface area contributed by atoms with E-state index in [1.165, 1.54) is 38.8 Å². The first-order chi connectivity index (χ1) is 7.79. The highest BCUT2D eigenvalue weighted by atomic mass is 16.5. The van der Waals surface area contributed by atoms with Gasteiger partial charge in [0.15, 0.2) is 0 Å². The van der Waals surface area contributed by atoms with Crippen molar-refractivity contribution >= 4 is 0 Å². The molecular formula is C13H26N2O. The Bertz CT molecular complexity index is 202. The van der Waals surface area contributed by atoms with Crippen molar-refractivity contribution in [3.8, 4) is 0 Å². The van der Waals surface area contributed by atoms with Crippen LogP contribution in [-0.2, 0) is 4.74 Å². The first-order valence-corrected chi connectivity index (χ1v) is 6.77. The highest BCUT2D eigenvalue weighted by molar-refractivity contribution is 4.81. The van der Waals surface area contributed by atoms with Crippen molar-refractivity contribution in [2.75, 3.05) is 33.3 Å². The largest absolute Gasteiger partial charge is 0.381 e. The predicted molar refractivity (Wildman–Crippen MR) is 66.7 cm³/mol. The molecule has 1 aliphatic carbocycles. The molecular weight excluding hydrogens is 200 g/mol. The van der Waals surface area contributed by atoms with Crippen molar-refractivity contribution in [1.82, 2.24) is 10.2 Å². The van der Waals surface area contributed by atoms with Gasteiger partial charge in [0.2, 0.25) is 0 Å². The molecule has 94 valence electrons. The molecule has 1 aliphatic heterocycles. The number of nitrogens with one attached hydrogen (secondary N) is 1. The van der Waals surface area contributed by atoms with E-state index < -0.39 is 0 Å². The van der Waals surface area contributed by atoms with E-state index in [0.717, 1.165) is 19.0 Å². The van der Waals surface area contributed by atoms with Crippen LogP contribution in [0.1, 0.15) is 32.6 Å². The van der Waals surface area contributed by atoms with Crippen molar-refractivity contribution in [3.63, 3.8) is 0 Å². The SMILES string of the molecule is COC1CCC(CN2CCNC[C@@H]2C)CC1. The van der Waals surface area contributed by atoms with Crippen LogP contribution in [0.15, 0.2) is 0 Å². The molecule has 3 heteroatoms. The molecule has 0 aromatic heterocycles. The molecule has 0 aromatic carbocycles. The van der Waals surface area contributed by atoms with Gasteiger partial charge in [0, 0.05) is 39.3 Å². The molecule has 1 heterocycles. The Balaban J connectivity index is 1.73. The van der Waals surface area contributed by atoms with Crippen LogP contribution in [0.25, 0.3) is 0 Å². The monoisotopic (exact) mass is 226 g/mol. The van der Waals surface area contributed by atoms with E-state index in [1.54, 1.807) is 0 Å². The van der Waals surface area contributed by atoms with Crippen molar-refractivity contribution in [1.29, 1.82) is 0 Å². The van der Waals surface area contributed by atoms with Crippen LogP contribution in [0, 0.1) is 5.92 Å². The minimum atomic E-state index is 0.539. The molecule has 0 bridgehead atoms. The summed E-state index contributed by atoms with van der Waals surface area (Å²) in [5.41, 5.74) is 0. The maximum atomic E-state index is 5.43. The Morgan fingerprint density at radius 3 is 2.62 bits per heavy atom. The molecule has 0 radical (unpaired) electrons. The second-order valence-electron chi connectivity index (χ2n) is 5.43. The Morgan fingerprint density at radius 2 is 2.00 bits per heavy atom. The summed E-state index contributed by atoms with van der Waals surface area (Å²) in [6, 6.07) is 0.717. The first kappa shape index (κ1) is 12.3. The predicted octanol–water partition coefficient (Wildman–Crippen LogP) is 1.49. The highest BCUT2D eigenvalue weighted by Crippen LogP contribution is 2.27. The molecule has 3 nitrogen and oxygen atoms in total. The molecule has 2 rings (SSSR count). The Morgan fingerprint density at radius 1 is 1.25 bits per heavy atom. The fraction of sp³-hybridized carbons (Fsp3) is 1.00. The lowest BCUT2D eigenvalue weighted by Gasteiger charge is -2.38. The molecule has 0 amide bonds. The van der Waals surface area contributed by atoms with Crippen molar-refractivity contribution in [3.05, 3.63) is 0 Å². The van der Waals surface area contributed by atoms with Gasteiger partial charge in [-0.1, -0.05) is 0 Å². The quantitative estimate of drug-likeness (QED) is 0.789. The molecule has 1 atom stereocenters. The maximum absolute atomic E-state index is 5.43. The van der Waals surface area contributed by atoms with Crippen LogP contribution in [0.3, 0.4) is 0 Å². The van der Waals surface area contributed by atoms with Gasteiger partial charge in [-0.3, -0.25) is 4.90 Å². The normalized spacial score (nSPS) is 37.5. The van der Waals surface area contributed by atoms with E-state index in [4.69, 9.17) is 4.74 Å². The summed E-state index contributed by atoms with van der Waals surface area (Å²) in [5, 5.41) is 3.46. The summed E-state index contributed by atoms with van der Waals surface area (Å²) in [6.07, 6.45) is 5.78. The fourth-order valence-corrected chi connectivity index (χ4v) is 3.04. The third kappa shape index (κ3) is 3.19. The van der Waals surface area contributed by atoms with E-state index in [-0.39, 0.29) is 0 Å². The lowest BCUT2D eigenvalue weighted by atomic mass is 9.86. The molecule has 1 N–H and O–H groups in total. The van der Waals surface area contributed by atoms with Crippen molar-refractivity contribution in [2.24, 2.45) is 5.92 Å². The number of hydrogen-bond donors (Lipinski definition) is 1. The van der Waals surface area contributed by atoms with E-state index >= 15 is 0 Å². The van der Waals surface area contributed by atoms with Gasteiger partial charge >= 0.3 is 0 Å². The molecule has 0 unspecified atom stereocenters. The Hall–Kier alpha value is -0.120. The first-order valence-electron chi connectivity index (χ1n) is 6.77. The lowest BCUT2D eigenvalue weighted by molar-refractivity contribution is 0.0441. The van der Waals surface area contributed by atoms with Crippen molar-refractivity contribution in [2.45, 2.75) is 44.8 Å². The summed E-state index contributed by atoms with van der Waals surface area (Å²) in [7, 11) is 1.85. The van der Waals surface area contributed by atoms with Crippen LogP contribution < -0.4 is 5.32 Å². The summed E-state index contributed by atoms with van der Waals surface area (Å²) >= 11 is 0. The van der Waals surface area contributed by atoms with Gasteiger partial charge in [-0.15, -0.1) is 0 Å². The number of methoxy groups -OCH3 is 1. The van der Waals surface area contributed by atoms with Crippen molar-refractivity contribution < 1.29 is 4.74 Å². The fourth-order valence-electron chi connectivity index (χ4n) is 3.04. The number of piperazine rings is 1. The summed E-state index contributed by atoms with van der Waals surface area (Å²) < 4.78 is 5.43. The van der Waals surface area contributed by atoms with Crippen LogP contribution in [0.5, 0.6) is 0 Å². The van der Waals surface area contributed by atoms with Gasteiger partial charge in [0.25, 0.3) is 0 Å². The minimum absolute atomic E-state index is 0.539. The number of nitrogens with zero attached hydrogens (tertiary/aromatic N) is 1. The van der Waals surface area contributed by atoms with Crippen LogP contribution >= 0.6 is 0 Å². The van der Waals surface area contributed by atoms with Crippen LogP contribution in [0.4, 0.5) is 0 Å². The van der Waals surface area contributed by atoms with E-state index in [2.05, 4.69) is 17.1 Å².